The molecule has 2 saturated heterocycles. The highest BCUT2D eigenvalue weighted by Crippen LogP contribution is 2.68. The highest BCUT2D eigenvalue weighted by molar-refractivity contribution is 9.09. The zero-order chi connectivity index (χ0) is 75.2. The van der Waals surface area contributed by atoms with Crippen LogP contribution in [0, 0.1) is 57.2 Å². The number of epoxide rings is 2. The number of halogens is 2. The number of ether oxygens (including phenoxy) is 3. The minimum absolute atomic E-state index is 0. The maximum absolute atomic E-state index is 10.8. The summed E-state index contributed by atoms with van der Waals surface area (Å²) in [4.78, 5) is 0. The molecule has 10 aliphatic rings. The monoisotopic (exact) mass is 1510 g/mol. The Kier molecular flexibility index (Phi) is 29.2. The Hall–Kier alpha value is -0.122. The molecular weight excluding hydrogens is 1350 g/mol. The molecule has 6 unspecified atom stereocenters. The Labute approximate surface area is 619 Å². The van der Waals surface area contributed by atoms with Gasteiger partial charge >= 0.3 is 0 Å². The number of rotatable bonds is 14. The van der Waals surface area contributed by atoms with Crippen molar-refractivity contribution in [1.82, 2.24) is 0 Å². The van der Waals surface area contributed by atoms with Crippen molar-refractivity contribution in [3.05, 3.63) is 46.6 Å². The second-order valence-corrected chi connectivity index (χ2v) is 59.5. The summed E-state index contributed by atoms with van der Waals surface area (Å²) in [6.45, 7) is 74.9. The van der Waals surface area contributed by atoms with Crippen molar-refractivity contribution in [3.63, 3.8) is 0 Å². The van der Waals surface area contributed by atoms with Gasteiger partial charge in [-0.2, -0.15) is 0 Å². The van der Waals surface area contributed by atoms with E-state index >= 15 is 0 Å². The molecule has 2 heterocycles. The molecule has 574 valence electrons. The molecule has 0 aromatic heterocycles. The van der Waals surface area contributed by atoms with E-state index in [4.69, 9.17) is 38.4 Å². The fourth-order valence-corrected chi connectivity index (χ4v) is 24.6. The summed E-state index contributed by atoms with van der Waals surface area (Å²) in [6, 6.07) is 0. The first-order valence-electron chi connectivity index (χ1n) is 39.5. The SMILES string of the molecule is C.CC1(C)OC1CBr.CCF.CCO.C[C@H](O)[C@H]1CCCC2C3=CC=C4C[C@@H](O[Si](C)(C)C(C)(C)C)C[C@H](O[Si](C)(C)C(C)(C)C)[C@]4(C)C3CC[C@@]21C.C[C@H](OCC1OC1(C)C)[C@H]1CCC2C3=CC=C4C[C@@H](O[Si](C)(C)C(C)(C)C)C[C@H](O[Si](C)(C)C(C)(C)C)[C@]4(C)C3CC[C@@]21C.[2H]C. The van der Waals surface area contributed by atoms with Gasteiger partial charge in [0.1, 0.15) is 6.10 Å². The zero-order valence-electron chi connectivity index (χ0n) is 69.9. The molecule has 2 N–H and O–H groups in total. The molecule has 8 aliphatic carbocycles. The number of hydrogen-bond donors (Lipinski definition) is 2. The van der Waals surface area contributed by atoms with Crippen LogP contribution >= 0.6 is 15.9 Å². The fourth-order valence-electron chi connectivity index (χ4n) is 18.1. The Bertz CT molecular complexity index is 2730. The number of aliphatic hydroxyl groups is 2. The van der Waals surface area contributed by atoms with Crippen LogP contribution in [0.4, 0.5) is 4.39 Å². The first-order valence-corrected chi connectivity index (χ1v) is 51.3. The Morgan fingerprint density at radius 1 is 0.551 bits per heavy atom. The lowest BCUT2D eigenvalue weighted by atomic mass is 9.45. The van der Waals surface area contributed by atoms with Gasteiger partial charge in [0.05, 0.1) is 67.2 Å². The highest BCUT2D eigenvalue weighted by atomic mass is 79.9. The van der Waals surface area contributed by atoms with Gasteiger partial charge in [-0.05, 0) is 251 Å². The molecule has 6 saturated carbocycles. The summed E-state index contributed by atoms with van der Waals surface area (Å²) >= 11 is 3.33. The molecule has 0 amide bonds. The van der Waals surface area contributed by atoms with E-state index in [9.17, 15) is 9.50 Å². The van der Waals surface area contributed by atoms with E-state index < -0.39 is 33.3 Å². The number of aliphatic hydroxyl groups excluding tert-OH is 2. The van der Waals surface area contributed by atoms with E-state index in [1.807, 2.05) is 6.92 Å². The van der Waals surface area contributed by atoms with Gasteiger partial charge in [0, 0.05) is 24.1 Å². The Morgan fingerprint density at radius 3 is 1.20 bits per heavy atom. The number of allylic oxidation sites excluding steroid dienone is 6. The van der Waals surface area contributed by atoms with Gasteiger partial charge in [0.15, 0.2) is 33.3 Å². The standard InChI is InChI=1S/C38H68O4Si2.C34H62O3Si2.C5H9BrO.C2H5F.C2H6O.2CH4/c1-25(39-24-33-36(8,9)40-33)29-18-19-30-28-17-16-26-22-27(41-43(12,13)34(2,3)4)23-32(42-44(14,15)35(5,6)7)38(26,11)31(28)20-21-37(29,30)10;1-23(35)27-15-14-16-28-26-18-17-24-21-25(36-38(10,11)31(2,3)4)22-30(37-39(12,13)32(5,6)7)34(24,9)29(26)19-20-33(27,28)8;1-5(2)4(3-6)7-5;2*1-2-3;;/h16-17,25,27,29-33H,18-24H2,1-15H3;17-18,23,25,27-30,35H,14-16,19-22H2,1-13H3;4H,3H2,1-2H3;2H2,1H3;3H,2H2,1H3;2*1H4/t25-,27+,29+,30?,31?,32-,33?,37+,38-;23-,25+,27+,28?,29?,30-,33+,34-;;;;;/m00...../s1/i;;;;;1D;. The van der Waals surface area contributed by atoms with E-state index in [0.717, 1.165) is 37.6 Å². The molecule has 18 atom stereocenters. The normalized spacial score (nSPS) is 36.1. The Morgan fingerprint density at radius 2 is 0.888 bits per heavy atom. The van der Waals surface area contributed by atoms with E-state index in [1.54, 1.807) is 29.2 Å². The third kappa shape index (κ3) is 18.9. The van der Waals surface area contributed by atoms with Crippen molar-refractivity contribution in [2.24, 2.45) is 57.2 Å². The predicted molar refractivity (Wildman–Crippen MR) is 431 cm³/mol. The first-order chi connectivity index (χ1) is 44.6. The lowest BCUT2D eigenvalue weighted by molar-refractivity contribution is -0.0776. The van der Waals surface area contributed by atoms with E-state index in [1.165, 1.54) is 72.1 Å². The van der Waals surface area contributed by atoms with Crippen molar-refractivity contribution in [1.29, 1.82) is 0 Å². The largest absolute Gasteiger partial charge is 0.414 e. The van der Waals surface area contributed by atoms with Crippen molar-refractivity contribution in [3.8, 4) is 0 Å². The summed E-state index contributed by atoms with van der Waals surface area (Å²) in [5.41, 5.74) is 7.26. The van der Waals surface area contributed by atoms with Crippen LogP contribution in [0.3, 0.4) is 0 Å². The molecule has 0 aromatic carbocycles. The van der Waals surface area contributed by atoms with Crippen molar-refractivity contribution in [2.45, 2.75) is 397 Å². The average molecular weight is 1510 g/mol. The zero-order valence-corrected chi connectivity index (χ0v) is 74.5. The molecule has 10 rings (SSSR count). The van der Waals surface area contributed by atoms with Crippen LogP contribution < -0.4 is 0 Å². The van der Waals surface area contributed by atoms with Crippen LogP contribution in [-0.2, 0) is 31.9 Å². The summed E-state index contributed by atoms with van der Waals surface area (Å²) in [7, 11) is -6.55. The maximum atomic E-state index is 10.8. The number of hydrogen-bond acceptors (Lipinski definition) is 9. The van der Waals surface area contributed by atoms with Crippen LogP contribution in [0.1, 0.15) is 266 Å². The van der Waals surface area contributed by atoms with Gasteiger partial charge in [0.25, 0.3) is 0 Å². The lowest BCUT2D eigenvalue weighted by Gasteiger charge is -2.62. The first kappa shape index (κ1) is 88.5. The minimum atomic E-state index is -2.01. The average Bonchev–Trinajstić information content (AvgIpc) is 1.52. The van der Waals surface area contributed by atoms with Crippen LogP contribution in [-0.4, -0.2) is 129 Å². The molecule has 0 aromatic rings. The van der Waals surface area contributed by atoms with E-state index in [2.05, 4.69) is 238 Å². The van der Waals surface area contributed by atoms with Gasteiger partial charge in [-0.3, -0.25) is 4.39 Å². The topological polar surface area (TPSA) is 112 Å². The summed E-state index contributed by atoms with van der Waals surface area (Å²) in [5, 5.41) is 20.1. The number of alkyl halides is 2. The molecule has 2 aliphatic heterocycles. The minimum Gasteiger partial charge on any atom is -0.414 e. The molecule has 0 bridgehead atoms. The van der Waals surface area contributed by atoms with Crippen LogP contribution in [0.5, 0.6) is 0 Å². The predicted octanol–water partition coefficient (Wildman–Crippen LogP) is 23.9. The third-order valence-corrected chi connectivity index (χ3v) is 47.4. The molecule has 0 radical (unpaired) electrons. The summed E-state index contributed by atoms with van der Waals surface area (Å²) in [5.74, 6) is 3.31. The molecule has 9 nitrogen and oxygen atoms in total. The van der Waals surface area contributed by atoms with Gasteiger partial charge < -0.3 is 42.1 Å². The second kappa shape index (κ2) is 32.4. The molecule has 0 spiro atoms. The third-order valence-electron chi connectivity index (χ3n) is 28.7. The van der Waals surface area contributed by atoms with E-state index in [-0.39, 0.29) is 111 Å². The van der Waals surface area contributed by atoms with Crippen molar-refractivity contribution < 1.29 is 47.9 Å². The fraction of sp³-hybridized carbons (Fsp3) is 0.904. The summed E-state index contributed by atoms with van der Waals surface area (Å²) in [6.07, 6.45) is 27.1. The van der Waals surface area contributed by atoms with Gasteiger partial charge in [-0.1, -0.05) is 195 Å². The van der Waals surface area contributed by atoms with Crippen LogP contribution in [0.15, 0.2) is 46.6 Å². The van der Waals surface area contributed by atoms with Gasteiger partial charge in [0.2, 0.25) is 0 Å². The number of fused-ring (bicyclic) bond motifs is 10. The lowest BCUT2D eigenvalue weighted by Crippen LogP contribution is -2.59. The summed E-state index contributed by atoms with van der Waals surface area (Å²) < 4.78 is 63.0. The van der Waals surface area contributed by atoms with Crippen LogP contribution in [0.25, 0.3) is 0 Å². The molecule has 98 heavy (non-hydrogen) atoms. The molecular formula is C83H158BrFO9Si4. The molecule has 8 fully saturated rings. The van der Waals surface area contributed by atoms with E-state index in [0.29, 0.717) is 47.0 Å². The van der Waals surface area contributed by atoms with Gasteiger partial charge in [-0.15, -0.1) is 0 Å². The molecule has 15 heteroatoms. The smallest absolute Gasteiger partial charge is 0.192 e. The maximum Gasteiger partial charge on any atom is 0.192 e. The second-order valence-electron chi connectivity index (χ2n) is 39.9. The highest BCUT2D eigenvalue weighted by Gasteiger charge is 2.63. The quantitative estimate of drug-likeness (QED) is 0.0998. The van der Waals surface area contributed by atoms with Crippen molar-refractivity contribution >= 4 is 49.2 Å². The van der Waals surface area contributed by atoms with Crippen molar-refractivity contribution in [2.75, 3.05) is 25.2 Å². The van der Waals surface area contributed by atoms with Gasteiger partial charge in [-0.25, -0.2) is 0 Å². The Balaban J connectivity index is 0.000000347. The van der Waals surface area contributed by atoms with Crippen LogP contribution in [0.2, 0.25) is 72.5 Å².